The van der Waals surface area contributed by atoms with E-state index in [1.165, 1.54) is 6.42 Å². The molecule has 13 heavy (non-hydrogen) atoms. The molecular weight excluding hydrogens is 164 g/mol. The van der Waals surface area contributed by atoms with E-state index in [9.17, 15) is 4.79 Å². The highest BCUT2D eigenvalue weighted by molar-refractivity contribution is 5.51. The molecule has 0 amide bonds. The van der Waals surface area contributed by atoms with Crippen LogP contribution in [0, 0.1) is 0 Å². The summed E-state index contributed by atoms with van der Waals surface area (Å²) in [6, 6.07) is 0. The van der Waals surface area contributed by atoms with E-state index in [4.69, 9.17) is 0 Å². The van der Waals surface area contributed by atoms with Gasteiger partial charge < -0.3 is 9.69 Å². The number of hydrogen-bond acceptors (Lipinski definition) is 3. The molecule has 1 fully saturated rings. The van der Waals surface area contributed by atoms with Crippen molar-refractivity contribution in [3.63, 3.8) is 0 Å². The van der Waals surface area contributed by atoms with Gasteiger partial charge in [0.1, 0.15) is 6.29 Å². The van der Waals surface area contributed by atoms with Crippen LogP contribution in [0.2, 0.25) is 0 Å². The lowest BCUT2D eigenvalue weighted by Crippen LogP contribution is -2.30. The summed E-state index contributed by atoms with van der Waals surface area (Å²) in [7, 11) is 2.13. The van der Waals surface area contributed by atoms with E-state index in [0.29, 0.717) is 6.54 Å². The first-order valence-corrected chi connectivity index (χ1v) is 5.17. The van der Waals surface area contributed by atoms with Crippen LogP contribution in [0.5, 0.6) is 0 Å². The minimum absolute atomic E-state index is 0.605. The fourth-order valence-electron chi connectivity index (χ4n) is 1.39. The fourth-order valence-corrected chi connectivity index (χ4v) is 1.39. The smallest absolute Gasteiger partial charge is 0.133 e. The zero-order valence-electron chi connectivity index (χ0n) is 9.12. The minimum atomic E-state index is 0.605. The number of nitrogens with zero attached hydrogens (tertiary/aromatic N) is 2. The highest BCUT2D eigenvalue weighted by Crippen LogP contribution is 1.98. The van der Waals surface area contributed by atoms with E-state index in [1.54, 1.807) is 0 Å². The van der Waals surface area contributed by atoms with E-state index in [1.807, 2.05) is 13.8 Å². The van der Waals surface area contributed by atoms with Crippen molar-refractivity contribution in [3.8, 4) is 0 Å². The van der Waals surface area contributed by atoms with Gasteiger partial charge in [-0.25, -0.2) is 0 Å². The van der Waals surface area contributed by atoms with Crippen molar-refractivity contribution in [2.45, 2.75) is 20.3 Å². The fraction of sp³-hybridized carbons (Fsp3) is 0.900. The zero-order valence-corrected chi connectivity index (χ0v) is 9.12. The van der Waals surface area contributed by atoms with Crippen molar-refractivity contribution in [1.82, 2.24) is 9.80 Å². The summed E-state index contributed by atoms with van der Waals surface area (Å²) in [6.45, 7) is 8.97. The van der Waals surface area contributed by atoms with Gasteiger partial charge in [-0.1, -0.05) is 13.8 Å². The van der Waals surface area contributed by atoms with Crippen molar-refractivity contribution in [3.05, 3.63) is 0 Å². The Morgan fingerprint density at radius 2 is 1.85 bits per heavy atom. The monoisotopic (exact) mass is 186 g/mol. The van der Waals surface area contributed by atoms with E-state index < -0.39 is 0 Å². The van der Waals surface area contributed by atoms with Crippen molar-refractivity contribution >= 4 is 6.29 Å². The van der Waals surface area contributed by atoms with Crippen molar-refractivity contribution in [1.29, 1.82) is 0 Å². The van der Waals surface area contributed by atoms with Gasteiger partial charge in [-0.3, -0.25) is 4.90 Å². The molecule has 1 aliphatic heterocycles. The van der Waals surface area contributed by atoms with E-state index in [0.717, 1.165) is 32.5 Å². The average Bonchev–Trinajstić information content (AvgIpc) is 2.36. The molecule has 0 atom stereocenters. The van der Waals surface area contributed by atoms with Crippen LogP contribution in [0.3, 0.4) is 0 Å². The second kappa shape index (κ2) is 8.20. The first kappa shape index (κ1) is 12.6. The highest BCUT2D eigenvalue weighted by Gasteiger charge is 2.10. The second-order valence-electron chi connectivity index (χ2n) is 3.12. The molecule has 3 heteroatoms. The molecule has 0 N–H and O–H groups in total. The number of carbonyl (C=O) groups excluding carboxylic acids is 1. The van der Waals surface area contributed by atoms with Gasteiger partial charge >= 0.3 is 0 Å². The van der Waals surface area contributed by atoms with Crippen LogP contribution in [-0.2, 0) is 4.79 Å². The van der Waals surface area contributed by atoms with Crippen LogP contribution in [0.15, 0.2) is 0 Å². The Labute approximate surface area is 81.7 Å². The first-order chi connectivity index (χ1) is 6.33. The van der Waals surface area contributed by atoms with Crippen LogP contribution in [-0.4, -0.2) is 55.9 Å². The molecule has 0 aromatic rings. The summed E-state index contributed by atoms with van der Waals surface area (Å²) in [5.41, 5.74) is 0. The van der Waals surface area contributed by atoms with E-state index in [-0.39, 0.29) is 0 Å². The number of hydrogen-bond donors (Lipinski definition) is 0. The molecule has 0 unspecified atom stereocenters. The Hall–Kier alpha value is -0.410. The van der Waals surface area contributed by atoms with E-state index >= 15 is 0 Å². The van der Waals surface area contributed by atoms with Crippen molar-refractivity contribution < 1.29 is 4.79 Å². The lowest BCUT2D eigenvalue weighted by atomic mass is 10.4. The molecule has 0 aliphatic carbocycles. The summed E-state index contributed by atoms with van der Waals surface area (Å²) in [5, 5.41) is 0. The summed E-state index contributed by atoms with van der Waals surface area (Å²) >= 11 is 0. The number of rotatable bonds is 2. The molecule has 1 rings (SSSR count). The quantitative estimate of drug-likeness (QED) is 0.597. The predicted molar refractivity (Wildman–Crippen MR) is 56.0 cm³/mol. The third-order valence-electron chi connectivity index (χ3n) is 2.14. The van der Waals surface area contributed by atoms with Crippen LogP contribution in [0.1, 0.15) is 20.3 Å². The Morgan fingerprint density at radius 3 is 2.46 bits per heavy atom. The molecule has 0 radical (unpaired) electrons. The van der Waals surface area contributed by atoms with Gasteiger partial charge in [0.25, 0.3) is 0 Å². The normalized spacial score (nSPS) is 19.9. The maximum absolute atomic E-state index is 10.2. The van der Waals surface area contributed by atoms with Gasteiger partial charge in [0.05, 0.1) is 6.54 Å². The molecule has 0 aromatic heterocycles. The predicted octanol–water partition coefficient (Wildman–Crippen LogP) is 0.849. The molecule has 1 saturated heterocycles. The van der Waals surface area contributed by atoms with Gasteiger partial charge in [-0.15, -0.1) is 0 Å². The van der Waals surface area contributed by atoms with Gasteiger partial charge in [0.15, 0.2) is 0 Å². The van der Waals surface area contributed by atoms with Crippen LogP contribution in [0.25, 0.3) is 0 Å². The molecule has 78 valence electrons. The van der Waals surface area contributed by atoms with Gasteiger partial charge in [-0.2, -0.15) is 0 Å². The molecule has 0 bridgehead atoms. The third kappa shape index (κ3) is 5.77. The Morgan fingerprint density at radius 1 is 1.15 bits per heavy atom. The van der Waals surface area contributed by atoms with Gasteiger partial charge in [-0.05, 0) is 26.6 Å². The molecule has 0 saturated carbocycles. The lowest BCUT2D eigenvalue weighted by Gasteiger charge is -2.16. The number of carbonyl (C=O) groups is 1. The Kier molecular flexibility index (Phi) is 7.94. The van der Waals surface area contributed by atoms with Crippen LogP contribution in [0.4, 0.5) is 0 Å². The topological polar surface area (TPSA) is 23.6 Å². The van der Waals surface area contributed by atoms with Crippen LogP contribution < -0.4 is 0 Å². The molecule has 3 nitrogen and oxygen atoms in total. The minimum Gasteiger partial charge on any atom is -0.305 e. The molecule has 1 aliphatic rings. The SMILES string of the molecule is CC.CN1CCCN(CC=O)CC1. The number of aldehydes is 1. The summed E-state index contributed by atoms with van der Waals surface area (Å²) < 4.78 is 0. The summed E-state index contributed by atoms with van der Waals surface area (Å²) in [5.74, 6) is 0. The van der Waals surface area contributed by atoms with Gasteiger partial charge in [0, 0.05) is 13.1 Å². The highest BCUT2D eigenvalue weighted by atomic mass is 16.1. The zero-order chi connectivity index (χ0) is 10.1. The molecular formula is C10H22N2O. The number of likely N-dealkylation sites (N-methyl/N-ethyl adjacent to an activating group) is 1. The lowest BCUT2D eigenvalue weighted by molar-refractivity contribution is -0.108. The van der Waals surface area contributed by atoms with Gasteiger partial charge in [0.2, 0.25) is 0 Å². The molecule has 0 spiro atoms. The maximum Gasteiger partial charge on any atom is 0.133 e. The van der Waals surface area contributed by atoms with E-state index in [2.05, 4.69) is 16.8 Å². The maximum atomic E-state index is 10.2. The van der Waals surface area contributed by atoms with Crippen LogP contribution >= 0.6 is 0 Å². The average molecular weight is 186 g/mol. The Bertz CT molecular complexity index is 128. The molecule has 1 heterocycles. The summed E-state index contributed by atoms with van der Waals surface area (Å²) in [6.07, 6.45) is 2.18. The third-order valence-corrected chi connectivity index (χ3v) is 2.14. The van der Waals surface area contributed by atoms with Crippen molar-refractivity contribution in [2.75, 3.05) is 39.8 Å². The molecule has 0 aromatic carbocycles. The largest absolute Gasteiger partial charge is 0.305 e. The van der Waals surface area contributed by atoms with Crippen molar-refractivity contribution in [2.24, 2.45) is 0 Å². The second-order valence-corrected chi connectivity index (χ2v) is 3.12. The first-order valence-electron chi connectivity index (χ1n) is 5.17. The standard InChI is InChI=1S/C8H16N2O.C2H6/c1-9-3-2-4-10(6-5-9)7-8-11;1-2/h8H,2-7H2,1H3;1-2H3. The summed E-state index contributed by atoms with van der Waals surface area (Å²) in [4.78, 5) is 14.7. The Balaban J connectivity index is 0.000000671.